The highest BCUT2D eigenvalue weighted by molar-refractivity contribution is 8.03. The molecule has 1 aromatic rings. The first kappa shape index (κ1) is 21.8. The molecule has 158 valence electrons. The molecule has 3 rings (SSSR count). The van der Waals surface area contributed by atoms with Crippen LogP contribution in [0.2, 0.25) is 0 Å². The molecule has 3 heterocycles. The third-order valence-corrected chi connectivity index (χ3v) is 6.97. The Morgan fingerprint density at radius 3 is 2.79 bits per heavy atom. The van der Waals surface area contributed by atoms with Gasteiger partial charge in [-0.25, -0.2) is 8.98 Å². The van der Waals surface area contributed by atoms with Gasteiger partial charge >= 0.3 is 16.4 Å². The summed E-state index contributed by atoms with van der Waals surface area (Å²) in [5, 5.41) is 14.0. The Labute approximate surface area is 174 Å². The molecule has 0 bridgehead atoms. The zero-order valence-corrected chi connectivity index (χ0v) is 17.4. The van der Waals surface area contributed by atoms with Gasteiger partial charge in [0.05, 0.1) is 23.4 Å². The number of carbonyl (C=O) groups excluding carboxylic acids is 2. The first-order valence-corrected chi connectivity index (χ1v) is 11.8. The summed E-state index contributed by atoms with van der Waals surface area (Å²) in [5.41, 5.74) is -0.0680. The van der Waals surface area contributed by atoms with Gasteiger partial charge in [0.2, 0.25) is 5.91 Å². The van der Waals surface area contributed by atoms with Crippen LogP contribution in [-0.2, 0) is 24.2 Å². The fraction of sp³-hybridized carbons (Fsp3) is 0.438. The summed E-state index contributed by atoms with van der Waals surface area (Å²) in [5.74, 6) is -1.94. The van der Waals surface area contributed by atoms with Crippen LogP contribution in [-0.4, -0.2) is 65.7 Å². The molecule has 2 aliphatic rings. The number of fused-ring (bicyclic) bond motifs is 1. The van der Waals surface area contributed by atoms with Gasteiger partial charge in [-0.15, -0.1) is 23.1 Å². The van der Waals surface area contributed by atoms with E-state index in [2.05, 4.69) is 9.50 Å². The second kappa shape index (κ2) is 8.83. The van der Waals surface area contributed by atoms with Gasteiger partial charge in [-0.2, -0.15) is 8.42 Å². The molecule has 0 aromatic carbocycles. The van der Waals surface area contributed by atoms with Crippen LogP contribution in [0.4, 0.5) is 0 Å². The predicted molar refractivity (Wildman–Crippen MR) is 105 cm³/mol. The predicted octanol–water partition coefficient (Wildman–Crippen LogP) is 0.948. The number of carboxylic acids is 1. The van der Waals surface area contributed by atoms with E-state index in [9.17, 15) is 27.9 Å². The van der Waals surface area contributed by atoms with Gasteiger partial charge in [-0.3, -0.25) is 14.1 Å². The molecule has 1 aromatic heterocycles. The molecule has 29 heavy (non-hydrogen) atoms. The van der Waals surface area contributed by atoms with Gasteiger partial charge in [0.15, 0.2) is 0 Å². The van der Waals surface area contributed by atoms with Crippen molar-refractivity contribution in [2.75, 3.05) is 18.9 Å². The summed E-state index contributed by atoms with van der Waals surface area (Å²) in [6.07, 6.45) is 0.398. The second-order valence-electron chi connectivity index (χ2n) is 6.28. The molecule has 10 nitrogen and oxygen atoms in total. The van der Waals surface area contributed by atoms with E-state index in [1.165, 1.54) is 28.0 Å². The molecule has 0 unspecified atom stereocenters. The van der Waals surface area contributed by atoms with E-state index in [1.54, 1.807) is 17.5 Å². The molecule has 2 aliphatic heterocycles. The number of thiophene rings is 1. The average molecular weight is 463 g/mol. The molecule has 1 fully saturated rings. The van der Waals surface area contributed by atoms with Crippen molar-refractivity contribution in [3.63, 3.8) is 0 Å². The summed E-state index contributed by atoms with van der Waals surface area (Å²) >= 11 is 2.59. The topological polar surface area (TPSA) is 150 Å². The Morgan fingerprint density at radius 2 is 2.17 bits per heavy atom. The van der Waals surface area contributed by atoms with Crippen molar-refractivity contribution < 1.29 is 36.6 Å². The second-order valence-corrected chi connectivity index (χ2v) is 9.51. The van der Waals surface area contributed by atoms with Crippen LogP contribution < -0.4 is 5.32 Å². The normalized spacial score (nSPS) is 21.1. The maximum Gasteiger partial charge on any atom is 0.397 e. The molecule has 2 atom stereocenters. The number of nitrogens with one attached hydrogen (secondary N) is 1. The number of β-lactam (4-membered cyclic amide) rings is 1. The van der Waals surface area contributed by atoms with Crippen molar-refractivity contribution in [1.82, 2.24) is 10.2 Å². The third-order valence-electron chi connectivity index (χ3n) is 4.52. The Morgan fingerprint density at radius 1 is 1.41 bits per heavy atom. The number of hydrogen-bond donors (Lipinski definition) is 3. The van der Waals surface area contributed by atoms with E-state index in [-0.39, 0.29) is 30.7 Å². The van der Waals surface area contributed by atoms with Crippen molar-refractivity contribution >= 4 is 51.3 Å². The highest BCUT2D eigenvalue weighted by atomic mass is 32.3. The van der Waals surface area contributed by atoms with Crippen LogP contribution in [0.3, 0.4) is 0 Å². The molecular weight excluding hydrogens is 444 g/mol. The molecule has 3 N–H and O–H groups in total. The minimum atomic E-state index is -4.58. The number of hydrogen-bond acceptors (Lipinski definition) is 8. The van der Waals surface area contributed by atoms with Crippen molar-refractivity contribution in [1.29, 1.82) is 0 Å². The van der Waals surface area contributed by atoms with Gasteiger partial charge < -0.3 is 15.3 Å². The number of amides is 2. The standard InChI is InChI=1S/C16H18N2O8S3/c19-14(11-2-1-6-27-11)17-4-7-28-12-8-10-9(3-5-26-29(23,24)25)15(20)18(10)13(12)16(21)22/h1-2,6,9-10H,3-5,7-8H2,(H,17,19)(H,21,22)(H,23,24,25)/t9-,10-/m1/s1. The SMILES string of the molecule is O=C(O)C1=C(SCCNC(=O)c2cccs2)C[C@@H]2[C@@H](CCOS(=O)(=O)O)C(=O)N12. The lowest BCUT2D eigenvalue weighted by Gasteiger charge is -2.43. The lowest BCUT2D eigenvalue weighted by molar-refractivity contribution is -0.155. The van der Waals surface area contributed by atoms with Crippen LogP contribution in [0.25, 0.3) is 0 Å². The van der Waals surface area contributed by atoms with Gasteiger partial charge in [-0.1, -0.05) is 6.07 Å². The van der Waals surface area contributed by atoms with Crippen molar-refractivity contribution in [3.8, 4) is 0 Å². The van der Waals surface area contributed by atoms with Crippen molar-refractivity contribution in [2.45, 2.75) is 18.9 Å². The van der Waals surface area contributed by atoms with E-state index in [0.717, 1.165) is 0 Å². The number of rotatable bonds is 10. The van der Waals surface area contributed by atoms with Crippen LogP contribution in [0.15, 0.2) is 28.1 Å². The Hall–Kier alpha value is -1.93. The average Bonchev–Trinajstić information content (AvgIpc) is 3.27. The van der Waals surface area contributed by atoms with Crippen LogP contribution in [0.1, 0.15) is 22.5 Å². The van der Waals surface area contributed by atoms with E-state index >= 15 is 0 Å². The first-order chi connectivity index (χ1) is 13.7. The molecule has 0 spiro atoms. The maximum absolute atomic E-state index is 12.3. The largest absolute Gasteiger partial charge is 0.477 e. The minimum absolute atomic E-state index is 0.0571. The van der Waals surface area contributed by atoms with Crippen molar-refractivity contribution in [2.24, 2.45) is 5.92 Å². The number of carboxylic acid groups (broad SMARTS) is 1. The fourth-order valence-electron chi connectivity index (χ4n) is 3.31. The highest BCUT2D eigenvalue weighted by Gasteiger charge is 2.54. The zero-order valence-electron chi connectivity index (χ0n) is 14.9. The number of carbonyl (C=O) groups is 3. The van der Waals surface area contributed by atoms with Gasteiger partial charge in [0, 0.05) is 23.6 Å². The summed E-state index contributed by atoms with van der Waals surface area (Å²) in [6, 6.07) is 3.11. The van der Waals surface area contributed by atoms with Gasteiger partial charge in [0.25, 0.3) is 5.91 Å². The monoisotopic (exact) mass is 462 g/mol. The minimum Gasteiger partial charge on any atom is -0.477 e. The quantitative estimate of drug-likeness (QED) is 0.262. The highest BCUT2D eigenvalue weighted by Crippen LogP contribution is 2.46. The smallest absolute Gasteiger partial charge is 0.397 e. The Bertz CT molecular complexity index is 941. The number of thioether (sulfide) groups is 1. The molecular formula is C16H18N2O8S3. The maximum atomic E-state index is 12.3. The van der Waals surface area contributed by atoms with Gasteiger partial charge in [0.1, 0.15) is 5.70 Å². The third kappa shape index (κ3) is 4.98. The summed E-state index contributed by atoms with van der Waals surface area (Å²) in [7, 11) is -4.58. The van der Waals surface area contributed by atoms with Crippen LogP contribution >= 0.6 is 23.1 Å². The molecule has 0 aliphatic carbocycles. The first-order valence-electron chi connectivity index (χ1n) is 8.55. The lowest BCUT2D eigenvalue weighted by Crippen LogP contribution is -2.58. The Balaban J connectivity index is 1.53. The fourth-order valence-corrected chi connectivity index (χ4v) is 5.32. The summed E-state index contributed by atoms with van der Waals surface area (Å²) in [6.45, 7) is -0.0265. The molecule has 1 saturated heterocycles. The van der Waals surface area contributed by atoms with E-state index in [0.29, 0.717) is 28.5 Å². The summed E-state index contributed by atoms with van der Waals surface area (Å²) < 4.78 is 34.1. The van der Waals surface area contributed by atoms with Crippen LogP contribution in [0.5, 0.6) is 0 Å². The van der Waals surface area contributed by atoms with E-state index in [1.807, 2.05) is 0 Å². The molecule has 13 heteroatoms. The van der Waals surface area contributed by atoms with Gasteiger partial charge in [-0.05, 0) is 17.9 Å². The molecule has 0 saturated carbocycles. The zero-order chi connectivity index (χ0) is 21.2. The Kier molecular flexibility index (Phi) is 6.63. The molecule has 0 radical (unpaired) electrons. The van der Waals surface area contributed by atoms with E-state index < -0.39 is 28.2 Å². The number of nitrogens with zero attached hydrogens (tertiary/aromatic N) is 1. The molecule has 2 amide bonds. The number of aliphatic carboxylic acids is 1. The van der Waals surface area contributed by atoms with E-state index in [4.69, 9.17) is 4.55 Å². The lowest BCUT2D eigenvalue weighted by atomic mass is 9.85. The van der Waals surface area contributed by atoms with Crippen molar-refractivity contribution in [3.05, 3.63) is 33.0 Å². The van der Waals surface area contributed by atoms with Crippen LogP contribution in [0, 0.1) is 5.92 Å². The summed E-state index contributed by atoms with van der Waals surface area (Å²) in [4.78, 5) is 38.2.